The zero-order valence-corrected chi connectivity index (χ0v) is 9.47. The fraction of sp³-hybridized carbons (Fsp3) is 1.00. The Kier molecular flexibility index (Phi) is 5.18. The molecular weight excluding hydrogens is 165 g/mol. The Morgan fingerprint density at radius 3 is 2.83 bits per heavy atom. The van der Waals surface area contributed by atoms with Crippen molar-refractivity contribution in [2.75, 3.05) is 19.4 Å². The van der Waals surface area contributed by atoms with E-state index in [-0.39, 0.29) is 0 Å². The van der Waals surface area contributed by atoms with Crippen molar-refractivity contribution in [2.45, 2.75) is 45.2 Å². The summed E-state index contributed by atoms with van der Waals surface area (Å²) in [5.41, 5.74) is 1.04. The molecule has 0 spiro atoms. The minimum Gasteiger partial charge on any atom is -0.300 e. The van der Waals surface area contributed by atoms with Crippen LogP contribution in [0, 0.1) is 0 Å². The van der Waals surface area contributed by atoms with E-state index < -0.39 is 0 Å². The fourth-order valence-corrected chi connectivity index (χ4v) is 3.38. The number of hydrogen-bond donors (Lipinski definition) is 0. The van der Waals surface area contributed by atoms with Gasteiger partial charge in [-0.2, -0.15) is 0 Å². The van der Waals surface area contributed by atoms with E-state index in [9.17, 15) is 0 Å². The smallest absolute Gasteiger partial charge is 0.0157 e. The lowest BCUT2D eigenvalue weighted by molar-refractivity contribution is 0.320. The van der Waals surface area contributed by atoms with Crippen LogP contribution in [0.15, 0.2) is 0 Å². The van der Waals surface area contributed by atoms with Crippen molar-refractivity contribution in [1.82, 2.24) is 4.90 Å². The summed E-state index contributed by atoms with van der Waals surface area (Å²) in [6.07, 6.45) is 7.15. The molecule has 0 bridgehead atoms. The molecule has 0 amide bonds. The van der Waals surface area contributed by atoms with E-state index in [1.54, 1.807) is 0 Å². The SMILES string of the molecule is CCC1CCCCN(CC)CP1. The second-order valence-electron chi connectivity index (χ2n) is 3.67. The van der Waals surface area contributed by atoms with Crippen LogP contribution in [0.4, 0.5) is 0 Å². The second-order valence-corrected chi connectivity index (χ2v) is 5.21. The molecule has 2 atom stereocenters. The van der Waals surface area contributed by atoms with Gasteiger partial charge in [-0.05, 0) is 38.0 Å². The minimum atomic E-state index is 1.04. The van der Waals surface area contributed by atoms with Crippen LogP contribution < -0.4 is 0 Å². The molecule has 0 aromatic carbocycles. The monoisotopic (exact) mass is 187 g/mol. The summed E-state index contributed by atoms with van der Waals surface area (Å²) in [4.78, 5) is 2.61. The van der Waals surface area contributed by atoms with Gasteiger partial charge in [0.1, 0.15) is 0 Å². The Bertz CT molecular complexity index is 102. The van der Waals surface area contributed by atoms with Crippen molar-refractivity contribution in [3.63, 3.8) is 0 Å². The highest BCUT2D eigenvalue weighted by Crippen LogP contribution is 2.29. The molecule has 1 aliphatic rings. The quantitative estimate of drug-likeness (QED) is 0.601. The fourth-order valence-electron chi connectivity index (χ4n) is 1.78. The van der Waals surface area contributed by atoms with Crippen LogP contribution in [0.3, 0.4) is 0 Å². The van der Waals surface area contributed by atoms with Crippen molar-refractivity contribution in [3.8, 4) is 0 Å². The molecule has 1 nitrogen and oxygen atoms in total. The van der Waals surface area contributed by atoms with E-state index in [4.69, 9.17) is 0 Å². The maximum absolute atomic E-state index is 2.61. The zero-order valence-electron chi connectivity index (χ0n) is 8.47. The predicted molar refractivity (Wildman–Crippen MR) is 58.4 cm³/mol. The zero-order chi connectivity index (χ0) is 8.81. The Hall–Kier alpha value is 0.390. The van der Waals surface area contributed by atoms with Crippen molar-refractivity contribution in [3.05, 3.63) is 0 Å². The summed E-state index contributed by atoms with van der Waals surface area (Å²) < 4.78 is 0. The first kappa shape index (κ1) is 10.5. The second kappa shape index (κ2) is 5.94. The summed E-state index contributed by atoms with van der Waals surface area (Å²) in [6, 6.07) is 0. The van der Waals surface area contributed by atoms with Gasteiger partial charge < -0.3 is 0 Å². The highest BCUT2D eigenvalue weighted by molar-refractivity contribution is 7.38. The molecule has 2 unspecified atom stereocenters. The Morgan fingerprint density at radius 1 is 1.33 bits per heavy atom. The molecule has 2 heteroatoms. The molecular formula is C10H22NP. The van der Waals surface area contributed by atoms with Crippen LogP contribution >= 0.6 is 8.58 Å². The third-order valence-electron chi connectivity index (χ3n) is 2.82. The normalized spacial score (nSPS) is 30.0. The van der Waals surface area contributed by atoms with E-state index in [0.29, 0.717) is 0 Å². The Labute approximate surface area is 78.7 Å². The molecule has 1 saturated heterocycles. The highest BCUT2D eigenvalue weighted by Gasteiger charge is 2.12. The van der Waals surface area contributed by atoms with Crippen LogP contribution in [0.25, 0.3) is 0 Å². The molecule has 0 aromatic rings. The van der Waals surface area contributed by atoms with E-state index in [0.717, 1.165) is 5.66 Å². The van der Waals surface area contributed by atoms with Gasteiger partial charge in [-0.3, -0.25) is 4.90 Å². The summed E-state index contributed by atoms with van der Waals surface area (Å²) in [6.45, 7) is 7.23. The lowest BCUT2D eigenvalue weighted by atomic mass is 10.1. The first-order chi connectivity index (χ1) is 5.86. The summed E-state index contributed by atoms with van der Waals surface area (Å²) >= 11 is 0. The molecule has 72 valence electrons. The number of hydrogen-bond acceptors (Lipinski definition) is 1. The van der Waals surface area contributed by atoms with Crippen molar-refractivity contribution >= 4 is 8.58 Å². The third-order valence-corrected chi connectivity index (χ3v) is 4.72. The first-order valence-electron chi connectivity index (χ1n) is 5.32. The van der Waals surface area contributed by atoms with E-state index >= 15 is 0 Å². The summed E-state index contributed by atoms with van der Waals surface area (Å²) in [7, 11) is 1.19. The van der Waals surface area contributed by atoms with Gasteiger partial charge in [0.05, 0.1) is 0 Å². The molecule has 12 heavy (non-hydrogen) atoms. The minimum absolute atomic E-state index is 1.04. The lowest BCUT2D eigenvalue weighted by Crippen LogP contribution is -2.26. The molecule has 0 aromatic heterocycles. The molecule has 1 heterocycles. The van der Waals surface area contributed by atoms with Gasteiger partial charge in [0, 0.05) is 6.29 Å². The standard InChI is InChI=1S/C10H22NP/c1-3-10-7-5-6-8-11(4-2)9-12-10/h10,12H,3-9H2,1-2H3. The Morgan fingerprint density at radius 2 is 2.17 bits per heavy atom. The largest absolute Gasteiger partial charge is 0.300 e. The predicted octanol–water partition coefficient (Wildman–Crippen LogP) is 2.91. The van der Waals surface area contributed by atoms with Crippen molar-refractivity contribution in [1.29, 1.82) is 0 Å². The maximum atomic E-state index is 2.61. The molecule has 1 fully saturated rings. The van der Waals surface area contributed by atoms with Gasteiger partial charge in [0.25, 0.3) is 0 Å². The van der Waals surface area contributed by atoms with Crippen molar-refractivity contribution in [2.24, 2.45) is 0 Å². The molecule has 1 aliphatic heterocycles. The summed E-state index contributed by atoms with van der Waals surface area (Å²) in [5, 5.41) is 0. The topological polar surface area (TPSA) is 3.24 Å². The third kappa shape index (κ3) is 3.41. The molecule has 1 rings (SSSR count). The molecule has 0 aliphatic carbocycles. The van der Waals surface area contributed by atoms with E-state index in [1.165, 1.54) is 53.6 Å². The first-order valence-corrected chi connectivity index (χ1v) is 6.61. The lowest BCUT2D eigenvalue weighted by Gasteiger charge is -2.26. The maximum Gasteiger partial charge on any atom is 0.0157 e. The van der Waals surface area contributed by atoms with Gasteiger partial charge in [0.15, 0.2) is 0 Å². The van der Waals surface area contributed by atoms with E-state index in [1.807, 2.05) is 0 Å². The van der Waals surface area contributed by atoms with Gasteiger partial charge in [0.2, 0.25) is 0 Å². The summed E-state index contributed by atoms with van der Waals surface area (Å²) in [5.74, 6) is 0. The van der Waals surface area contributed by atoms with Crippen LogP contribution in [0.5, 0.6) is 0 Å². The number of nitrogens with zero attached hydrogens (tertiary/aromatic N) is 1. The van der Waals surface area contributed by atoms with Crippen LogP contribution in [-0.2, 0) is 0 Å². The average molecular weight is 187 g/mol. The van der Waals surface area contributed by atoms with Crippen LogP contribution in [-0.4, -0.2) is 29.9 Å². The van der Waals surface area contributed by atoms with Gasteiger partial charge >= 0.3 is 0 Å². The average Bonchev–Trinajstić information content (AvgIpc) is 2.05. The van der Waals surface area contributed by atoms with Gasteiger partial charge in [-0.15, -0.1) is 8.58 Å². The van der Waals surface area contributed by atoms with Gasteiger partial charge in [-0.25, -0.2) is 0 Å². The van der Waals surface area contributed by atoms with Gasteiger partial charge in [-0.1, -0.05) is 20.3 Å². The van der Waals surface area contributed by atoms with Crippen molar-refractivity contribution < 1.29 is 0 Å². The van der Waals surface area contributed by atoms with E-state index in [2.05, 4.69) is 18.7 Å². The molecule has 0 N–H and O–H groups in total. The number of rotatable bonds is 2. The molecule has 0 radical (unpaired) electrons. The van der Waals surface area contributed by atoms with Crippen LogP contribution in [0.2, 0.25) is 0 Å². The molecule has 0 saturated carbocycles. The Balaban J connectivity index is 2.28. The highest BCUT2D eigenvalue weighted by atomic mass is 31.1. The van der Waals surface area contributed by atoms with Crippen LogP contribution in [0.1, 0.15) is 39.5 Å².